The molecule has 0 saturated heterocycles. The first-order chi connectivity index (χ1) is 9.83. The average molecular weight is 399 g/mol. The van der Waals surface area contributed by atoms with Crippen molar-refractivity contribution in [2.24, 2.45) is 0 Å². The van der Waals surface area contributed by atoms with Gasteiger partial charge in [-0.15, -0.1) is 0 Å². The van der Waals surface area contributed by atoms with Crippen LogP contribution in [-0.4, -0.2) is 37.2 Å². The van der Waals surface area contributed by atoms with Gasteiger partial charge in [-0.3, -0.25) is 0 Å². The van der Waals surface area contributed by atoms with Gasteiger partial charge in [0.15, 0.2) is 8.40 Å². The van der Waals surface area contributed by atoms with Crippen LogP contribution in [-0.2, 0) is 0 Å². The summed E-state index contributed by atoms with van der Waals surface area (Å²) >= 11 is 0. The molecule has 2 nitrogen and oxygen atoms in total. The number of halogens is 6. The molecule has 0 aliphatic rings. The van der Waals surface area contributed by atoms with E-state index in [1.54, 1.807) is 0 Å². The van der Waals surface area contributed by atoms with Gasteiger partial charge in [-0.25, -0.2) is 0 Å². The molecule has 0 bridgehead atoms. The van der Waals surface area contributed by atoms with Gasteiger partial charge in [0, 0.05) is 12.8 Å². The summed E-state index contributed by atoms with van der Waals surface area (Å²) in [4.78, 5) is 0. The van der Waals surface area contributed by atoms with E-state index in [1.165, 1.54) is 0 Å². The number of hydrogen-bond donors (Lipinski definition) is 2. The van der Waals surface area contributed by atoms with Crippen LogP contribution in [0.2, 0.25) is 51.4 Å². The molecule has 0 saturated carbocycles. The summed E-state index contributed by atoms with van der Waals surface area (Å²) in [5, 5.41) is 0. The fourth-order valence-corrected chi connectivity index (χ4v) is 19.9. The lowest BCUT2D eigenvalue weighted by Crippen LogP contribution is -2.72. The minimum Gasteiger partial charge on any atom is -0.348 e. The van der Waals surface area contributed by atoms with Crippen molar-refractivity contribution in [3.63, 3.8) is 0 Å². The lowest BCUT2D eigenvalue weighted by molar-refractivity contribution is -0.131. The third-order valence-corrected chi connectivity index (χ3v) is 16.8. The Labute approximate surface area is 137 Å². The molecule has 23 heavy (non-hydrogen) atoms. The maximum absolute atomic E-state index is 12.4. The summed E-state index contributed by atoms with van der Waals surface area (Å²) in [5.74, 6) is 0. The Bertz CT molecular complexity index is 346. The molecule has 0 heterocycles. The zero-order valence-corrected chi connectivity index (χ0v) is 17.6. The minimum absolute atomic E-state index is 0.0686. The Hall–Kier alpha value is 0.151. The molecule has 0 rings (SSSR count). The highest BCUT2D eigenvalue weighted by Crippen LogP contribution is 2.27. The van der Waals surface area contributed by atoms with Gasteiger partial charge in [-0.05, 0) is 25.2 Å². The number of alkyl halides is 6. The van der Waals surface area contributed by atoms with E-state index in [4.69, 9.17) is 0 Å². The van der Waals surface area contributed by atoms with E-state index in [2.05, 4.69) is 9.30 Å². The largest absolute Gasteiger partial charge is 0.388 e. The van der Waals surface area contributed by atoms with Crippen molar-refractivity contribution in [1.29, 1.82) is 0 Å². The molecule has 2 N–H and O–H groups in total. The molecule has 0 aliphatic carbocycles. The standard InChI is InChI=1S/C12H28F6N2Si3/c1-21(2,9-7-11(13,14)15)19-23(5,6)20-22(3,4)10-8-12(16,17)18/h19-20H,7-10H2,1-6H3. The Morgan fingerprint density at radius 1 is 0.609 bits per heavy atom. The van der Waals surface area contributed by atoms with Gasteiger partial charge in [0.25, 0.3) is 0 Å². The lowest BCUT2D eigenvalue weighted by Gasteiger charge is -2.40. The molecule has 0 unspecified atom stereocenters. The summed E-state index contributed by atoms with van der Waals surface area (Å²) in [5.41, 5.74) is 0. The van der Waals surface area contributed by atoms with E-state index in [0.717, 1.165) is 0 Å². The SMILES string of the molecule is C[Si](C)(CCC(F)(F)F)N[Si](C)(C)N[Si](C)(C)CCC(F)(F)F. The van der Waals surface area contributed by atoms with Crippen LogP contribution >= 0.6 is 0 Å². The van der Waals surface area contributed by atoms with Gasteiger partial charge < -0.3 is 9.30 Å². The molecule has 0 aromatic carbocycles. The van der Waals surface area contributed by atoms with Crippen molar-refractivity contribution in [1.82, 2.24) is 9.30 Å². The van der Waals surface area contributed by atoms with E-state index in [0.29, 0.717) is 0 Å². The third-order valence-electron chi connectivity index (χ3n) is 3.37. The smallest absolute Gasteiger partial charge is 0.348 e. The summed E-state index contributed by atoms with van der Waals surface area (Å²) in [6, 6.07) is 0.137. The van der Waals surface area contributed by atoms with Gasteiger partial charge in [-0.2, -0.15) is 26.3 Å². The van der Waals surface area contributed by atoms with E-state index < -0.39 is 50.1 Å². The molecule has 140 valence electrons. The molecule has 0 spiro atoms. The maximum atomic E-state index is 12.4. The van der Waals surface area contributed by atoms with Gasteiger partial charge >= 0.3 is 12.4 Å². The monoisotopic (exact) mass is 398 g/mol. The van der Waals surface area contributed by atoms with Crippen molar-refractivity contribution in [3.05, 3.63) is 0 Å². The van der Waals surface area contributed by atoms with Gasteiger partial charge in [0.2, 0.25) is 0 Å². The van der Waals surface area contributed by atoms with E-state index >= 15 is 0 Å². The first kappa shape index (κ1) is 23.2. The third kappa shape index (κ3) is 13.2. The topological polar surface area (TPSA) is 24.1 Å². The lowest BCUT2D eigenvalue weighted by atomic mass is 10.5. The molecule has 0 aromatic heterocycles. The zero-order valence-electron chi connectivity index (χ0n) is 14.6. The highest BCUT2D eigenvalue weighted by Gasteiger charge is 2.40. The molecular weight excluding hydrogens is 370 g/mol. The molecule has 0 aromatic rings. The van der Waals surface area contributed by atoms with E-state index in [9.17, 15) is 26.3 Å². The molecule has 0 atom stereocenters. The van der Waals surface area contributed by atoms with Gasteiger partial charge in [0.1, 0.15) is 16.5 Å². The van der Waals surface area contributed by atoms with Crippen molar-refractivity contribution >= 4 is 24.9 Å². The maximum Gasteiger partial charge on any atom is 0.388 e. The van der Waals surface area contributed by atoms with E-state index in [1.807, 2.05) is 39.3 Å². The van der Waals surface area contributed by atoms with Crippen molar-refractivity contribution < 1.29 is 26.3 Å². The summed E-state index contributed by atoms with van der Waals surface area (Å²) in [6.45, 7) is 11.2. The highest BCUT2D eigenvalue weighted by molar-refractivity contribution is 6.96. The van der Waals surface area contributed by atoms with Crippen LogP contribution < -0.4 is 9.30 Å². The van der Waals surface area contributed by atoms with Crippen LogP contribution in [0.15, 0.2) is 0 Å². The molecule has 0 radical (unpaired) electrons. The van der Waals surface area contributed by atoms with Crippen LogP contribution in [0.1, 0.15) is 12.8 Å². The van der Waals surface area contributed by atoms with Crippen LogP contribution in [0.25, 0.3) is 0 Å². The fourth-order valence-electron chi connectivity index (χ4n) is 2.76. The number of hydrogen-bond acceptors (Lipinski definition) is 2. The summed E-state index contributed by atoms with van der Waals surface area (Å²) in [6.07, 6.45) is -9.99. The Kier molecular flexibility index (Phi) is 7.63. The van der Waals surface area contributed by atoms with Crippen molar-refractivity contribution in [3.8, 4) is 0 Å². The first-order valence-electron chi connectivity index (χ1n) is 7.55. The Morgan fingerprint density at radius 3 is 1.09 bits per heavy atom. The molecule has 0 fully saturated rings. The highest BCUT2D eigenvalue weighted by atomic mass is 28.4. The molecule has 0 aliphatic heterocycles. The second-order valence-corrected chi connectivity index (χ2v) is 21.7. The van der Waals surface area contributed by atoms with Gasteiger partial charge in [-0.1, -0.05) is 26.2 Å². The predicted octanol–water partition coefficient (Wildman–Crippen LogP) is 5.18. The number of nitrogens with one attached hydrogen (secondary N) is 2. The summed E-state index contributed by atoms with van der Waals surface area (Å²) < 4.78 is 81.1. The van der Waals surface area contributed by atoms with Crippen molar-refractivity contribution in [2.45, 2.75) is 76.6 Å². The normalized spacial score (nSPS) is 15.1. The Balaban J connectivity index is 4.66. The minimum atomic E-state index is -4.17. The molecular formula is C12H28F6N2Si3. The Morgan fingerprint density at radius 2 is 0.870 bits per heavy atom. The zero-order chi connectivity index (χ0) is 18.7. The van der Waals surface area contributed by atoms with Crippen LogP contribution in [0.4, 0.5) is 26.3 Å². The molecule has 0 amide bonds. The summed E-state index contributed by atoms with van der Waals surface area (Å²) in [7, 11) is -6.84. The second-order valence-electron chi connectivity index (χ2n) is 7.87. The van der Waals surface area contributed by atoms with Crippen LogP contribution in [0.3, 0.4) is 0 Å². The predicted molar refractivity (Wildman–Crippen MR) is 89.7 cm³/mol. The van der Waals surface area contributed by atoms with Crippen LogP contribution in [0.5, 0.6) is 0 Å². The average Bonchev–Trinajstić information content (AvgIpc) is 2.19. The van der Waals surface area contributed by atoms with Crippen LogP contribution in [0, 0.1) is 0 Å². The van der Waals surface area contributed by atoms with Crippen molar-refractivity contribution in [2.75, 3.05) is 0 Å². The first-order valence-corrected chi connectivity index (χ1v) is 17.0. The van der Waals surface area contributed by atoms with Gasteiger partial charge in [0.05, 0.1) is 0 Å². The quantitative estimate of drug-likeness (QED) is 0.435. The fraction of sp³-hybridized carbons (Fsp3) is 1.00. The second kappa shape index (κ2) is 7.58. The molecule has 11 heteroatoms. The van der Waals surface area contributed by atoms with E-state index in [-0.39, 0.29) is 12.1 Å². The number of rotatable bonds is 8.